The normalized spacial score (nSPS) is 13.0. The molecule has 9 aromatic rings. The molecule has 0 saturated carbocycles. The summed E-state index contributed by atoms with van der Waals surface area (Å²) >= 11 is 0. The maximum absolute atomic E-state index is 13.5. The Morgan fingerprint density at radius 3 is 0.750 bits per heavy atom. The van der Waals surface area contributed by atoms with E-state index in [9.17, 15) is 10.2 Å². The third kappa shape index (κ3) is 9.03. The lowest BCUT2D eigenvalue weighted by Crippen LogP contribution is -2.30. The lowest BCUT2D eigenvalue weighted by atomic mass is 9.75. The summed E-state index contributed by atoms with van der Waals surface area (Å²) in [4.78, 5) is 0. The lowest BCUT2D eigenvalue weighted by molar-refractivity contribution is 0.126. The molecule has 2 nitrogen and oxygen atoms in total. The quantitative estimate of drug-likeness (QED) is 0.118. The zero-order valence-corrected chi connectivity index (χ0v) is 45.2. The molecule has 72 heavy (non-hydrogen) atoms. The Hall–Kier alpha value is -6.58. The van der Waals surface area contributed by atoms with Crippen LogP contribution in [0.3, 0.4) is 0 Å². The molecule has 0 radical (unpaired) electrons. The van der Waals surface area contributed by atoms with E-state index in [4.69, 9.17) is 0 Å². The Balaban J connectivity index is 1.18. The molecule has 0 unspecified atom stereocenters. The van der Waals surface area contributed by atoms with Crippen LogP contribution >= 0.6 is 0 Å². The predicted octanol–water partition coefficient (Wildman–Crippen LogP) is 17.7. The Kier molecular flexibility index (Phi) is 12.7. The Morgan fingerprint density at radius 2 is 0.500 bits per heavy atom. The van der Waals surface area contributed by atoms with Crippen LogP contribution in [0.5, 0.6) is 0 Å². The van der Waals surface area contributed by atoms with Crippen molar-refractivity contribution in [1.29, 1.82) is 0 Å². The van der Waals surface area contributed by atoms with Crippen LogP contribution in [0.2, 0.25) is 0 Å². The average Bonchev–Trinajstić information content (AvgIpc) is 3.36. The van der Waals surface area contributed by atoms with E-state index in [1.54, 1.807) is 0 Å². The number of rotatable bonds is 8. The SMILES string of the molecule is Cc1c(C)c2cc(-c3ccccc3C(O)(c3ccc(C(C)(C)C)cc3)c3ccc(C(C)(C)C)cc3)ccc2c2ccc(-c3ccccc3C(O)(c3ccc(C(C)(C)C)cc3)c3ccc(C(C)(C)C)cc3)cc12. The van der Waals surface area contributed by atoms with Crippen LogP contribution in [0.1, 0.15) is 150 Å². The largest absolute Gasteiger partial charge is 0.376 e. The summed E-state index contributed by atoms with van der Waals surface area (Å²) in [5, 5.41) is 31.7. The molecule has 0 fully saturated rings. The second-order valence-corrected chi connectivity index (χ2v) is 24.6. The van der Waals surface area contributed by atoms with Crippen LogP contribution in [0.15, 0.2) is 182 Å². The monoisotopic (exact) mass is 947 g/mol. The minimum absolute atomic E-state index is 0.0235. The lowest BCUT2D eigenvalue weighted by Gasteiger charge is -2.33. The molecule has 2 heteroatoms. The van der Waals surface area contributed by atoms with Crippen molar-refractivity contribution in [3.8, 4) is 22.3 Å². The van der Waals surface area contributed by atoms with Crippen molar-refractivity contribution in [3.63, 3.8) is 0 Å². The maximum atomic E-state index is 13.5. The van der Waals surface area contributed by atoms with Crippen LogP contribution in [-0.4, -0.2) is 10.2 Å². The third-order valence-electron chi connectivity index (χ3n) is 15.6. The number of hydrogen-bond acceptors (Lipinski definition) is 2. The van der Waals surface area contributed by atoms with Gasteiger partial charge in [-0.1, -0.05) is 253 Å². The topological polar surface area (TPSA) is 40.5 Å². The molecule has 0 aliphatic heterocycles. The van der Waals surface area contributed by atoms with E-state index >= 15 is 0 Å². The molecule has 0 amide bonds. The number of hydrogen-bond donors (Lipinski definition) is 2. The highest BCUT2D eigenvalue weighted by molar-refractivity contribution is 6.12. The van der Waals surface area contributed by atoms with Gasteiger partial charge in [-0.25, -0.2) is 0 Å². The first kappa shape index (κ1) is 50.4. The van der Waals surface area contributed by atoms with E-state index in [1.165, 1.54) is 54.9 Å². The summed E-state index contributed by atoms with van der Waals surface area (Å²) in [5.74, 6) is 0. The highest BCUT2D eigenvalue weighted by Gasteiger charge is 2.38. The van der Waals surface area contributed by atoms with Gasteiger partial charge in [-0.15, -0.1) is 0 Å². The van der Waals surface area contributed by atoms with Crippen LogP contribution < -0.4 is 0 Å². The summed E-state index contributed by atoms with van der Waals surface area (Å²) in [6.07, 6.45) is 0. The standard InChI is InChI=1S/C70H74O2/c1-45-46(2)62-44-48(58-20-16-18-22-64(58)70(72,55-37-29-51(30-38-55)67(9,10)11)56-39-31-52(32-40-56)68(12,13)14)24-42-60(62)59-41-23-47(43-61(45)59)57-19-15-17-21-63(57)69(71,53-33-25-49(26-34-53)65(3,4)5)54-35-27-50(28-36-54)66(6,7)8/h15-44,71-72H,1-14H3. The third-order valence-corrected chi connectivity index (χ3v) is 15.6. The van der Waals surface area contributed by atoms with Crippen LogP contribution in [0.25, 0.3) is 43.8 Å². The molecule has 9 rings (SSSR count). The predicted molar refractivity (Wildman–Crippen MR) is 307 cm³/mol. The molecule has 0 saturated heterocycles. The van der Waals surface area contributed by atoms with E-state index in [2.05, 4.69) is 267 Å². The molecule has 0 aliphatic carbocycles. The Bertz CT molecular complexity index is 3080. The van der Waals surface area contributed by atoms with Gasteiger partial charge in [0.05, 0.1) is 0 Å². The number of fused-ring (bicyclic) bond motifs is 3. The number of aliphatic hydroxyl groups is 2. The van der Waals surface area contributed by atoms with Gasteiger partial charge in [-0.3, -0.25) is 0 Å². The minimum Gasteiger partial charge on any atom is -0.376 e. The van der Waals surface area contributed by atoms with Gasteiger partial charge in [0.25, 0.3) is 0 Å². The van der Waals surface area contributed by atoms with Crippen molar-refractivity contribution >= 4 is 21.5 Å². The van der Waals surface area contributed by atoms with E-state index in [0.717, 1.165) is 55.6 Å². The van der Waals surface area contributed by atoms with Gasteiger partial charge in [0, 0.05) is 11.1 Å². The van der Waals surface area contributed by atoms with Gasteiger partial charge in [-0.2, -0.15) is 0 Å². The molecule has 2 N–H and O–H groups in total. The van der Waals surface area contributed by atoms with Crippen LogP contribution in [0.4, 0.5) is 0 Å². The molecule has 0 heterocycles. The molecule has 0 aromatic heterocycles. The summed E-state index contributed by atoms with van der Waals surface area (Å²) in [6, 6.07) is 64.6. The maximum Gasteiger partial charge on any atom is 0.141 e. The zero-order chi connectivity index (χ0) is 51.8. The molecular formula is C70H74O2. The van der Waals surface area contributed by atoms with Crippen molar-refractivity contribution < 1.29 is 10.2 Å². The Labute approximate surface area is 430 Å². The highest BCUT2D eigenvalue weighted by Crippen LogP contribution is 2.47. The molecule has 0 bridgehead atoms. The van der Waals surface area contributed by atoms with Crippen molar-refractivity contribution in [3.05, 3.63) is 249 Å². The van der Waals surface area contributed by atoms with Gasteiger partial charge in [0.2, 0.25) is 0 Å². The van der Waals surface area contributed by atoms with Gasteiger partial charge in [0.1, 0.15) is 11.2 Å². The second kappa shape index (κ2) is 18.2. The molecular weight excluding hydrogens is 873 g/mol. The fourth-order valence-corrected chi connectivity index (χ4v) is 10.8. The second-order valence-electron chi connectivity index (χ2n) is 24.6. The van der Waals surface area contributed by atoms with E-state index in [0.29, 0.717) is 0 Å². The first-order chi connectivity index (χ1) is 33.8. The van der Waals surface area contributed by atoms with Crippen molar-refractivity contribution in [2.45, 2.75) is 130 Å². The fraction of sp³-hybridized carbons (Fsp3) is 0.286. The smallest absolute Gasteiger partial charge is 0.141 e. The van der Waals surface area contributed by atoms with Gasteiger partial charge in [-0.05, 0) is 147 Å². The summed E-state index contributed by atoms with van der Waals surface area (Å²) in [6.45, 7) is 31.2. The number of aryl methyl sites for hydroxylation is 2. The summed E-state index contributed by atoms with van der Waals surface area (Å²) in [7, 11) is 0. The molecule has 0 aliphatic rings. The van der Waals surface area contributed by atoms with Crippen molar-refractivity contribution in [1.82, 2.24) is 0 Å². The molecule has 9 aromatic carbocycles. The summed E-state index contributed by atoms with van der Waals surface area (Å²) in [5.41, 5.74) is 13.4. The molecule has 0 spiro atoms. The highest BCUT2D eigenvalue weighted by atomic mass is 16.3. The van der Waals surface area contributed by atoms with Gasteiger partial charge in [0.15, 0.2) is 0 Å². The fourth-order valence-electron chi connectivity index (χ4n) is 10.8. The van der Waals surface area contributed by atoms with Crippen molar-refractivity contribution in [2.75, 3.05) is 0 Å². The zero-order valence-electron chi connectivity index (χ0n) is 45.2. The van der Waals surface area contributed by atoms with Gasteiger partial charge >= 0.3 is 0 Å². The van der Waals surface area contributed by atoms with E-state index < -0.39 is 11.2 Å². The van der Waals surface area contributed by atoms with Crippen LogP contribution in [0, 0.1) is 13.8 Å². The first-order valence-corrected chi connectivity index (χ1v) is 25.9. The molecule has 0 atom stereocenters. The van der Waals surface area contributed by atoms with E-state index in [1.807, 2.05) is 12.1 Å². The molecule has 366 valence electrons. The van der Waals surface area contributed by atoms with Crippen molar-refractivity contribution in [2.24, 2.45) is 0 Å². The summed E-state index contributed by atoms with van der Waals surface area (Å²) < 4.78 is 0. The van der Waals surface area contributed by atoms with E-state index in [-0.39, 0.29) is 21.7 Å². The first-order valence-electron chi connectivity index (χ1n) is 25.9. The Morgan fingerprint density at radius 1 is 0.264 bits per heavy atom. The van der Waals surface area contributed by atoms with Gasteiger partial charge < -0.3 is 10.2 Å². The van der Waals surface area contributed by atoms with Crippen LogP contribution in [-0.2, 0) is 32.9 Å². The average molecular weight is 947 g/mol. The minimum atomic E-state index is -1.43. The number of benzene rings is 9.